The van der Waals surface area contributed by atoms with Gasteiger partial charge < -0.3 is 14.0 Å². The number of nitrogens with zero attached hydrogens (tertiary/aromatic N) is 1. The first-order chi connectivity index (χ1) is 15.8. The molecule has 1 heterocycles. The number of ether oxygens (including phenoxy) is 2. The number of Topliss-reactive ketones (excluding diaryl/α,β-unsaturated/α-hetero) is 1. The molecule has 0 N–H and O–H groups in total. The van der Waals surface area contributed by atoms with Crippen molar-refractivity contribution in [3.8, 4) is 0 Å². The van der Waals surface area contributed by atoms with Crippen LogP contribution in [0.5, 0.6) is 0 Å². The van der Waals surface area contributed by atoms with Crippen LogP contribution in [-0.4, -0.2) is 30.0 Å². The van der Waals surface area contributed by atoms with E-state index in [2.05, 4.69) is 12.1 Å². The maximum absolute atomic E-state index is 13.4. The third-order valence-corrected chi connectivity index (χ3v) is 6.57. The van der Waals surface area contributed by atoms with Crippen LogP contribution in [0.1, 0.15) is 48.3 Å². The van der Waals surface area contributed by atoms with Gasteiger partial charge in [0.15, 0.2) is 5.78 Å². The number of ketones is 1. The van der Waals surface area contributed by atoms with Crippen molar-refractivity contribution in [2.75, 3.05) is 13.7 Å². The van der Waals surface area contributed by atoms with E-state index in [1.165, 1.54) is 12.7 Å². The fourth-order valence-electron chi connectivity index (χ4n) is 4.13. The summed E-state index contributed by atoms with van der Waals surface area (Å²) in [6.45, 7) is 4.62. The smallest absolute Gasteiger partial charge is 0.308 e. The molecule has 2 atom stereocenters. The van der Waals surface area contributed by atoms with Crippen molar-refractivity contribution in [2.45, 2.75) is 39.7 Å². The van der Waals surface area contributed by atoms with Crippen molar-refractivity contribution in [1.29, 1.82) is 0 Å². The summed E-state index contributed by atoms with van der Waals surface area (Å²) in [5.74, 6) is -0.846. The molecule has 0 aliphatic carbocycles. The van der Waals surface area contributed by atoms with Gasteiger partial charge in [0.2, 0.25) is 0 Å². The minimum atomic E-state index is -0.366. The van der Waals surface area contributed by atoms with E-state index in [1.54, 1.807) is 6.92 Å². The molecule has 2 unspecified atom stereocenters. The molecule has 3 rings (SSSR count). The number of benzene rings is 2. The third-order valence-electron chi connectivity index (χ3n) is 6.33. The molecule has 5 nitrogen and oxygen atoms in total. The normalized spacial score (nSPS) is 13.1. The van der Waals surface area contributed by atoms with Crippen LogP contribution in [-0.2, 0) is 34.3 Å². The SMILES string of the molecule is COC(=O)C(C)C(C)CC(=O)c1c(COCCCc2ccccc2)n(C)c2ccc(Cl)cc12. The molecule has 0 fully saturated rings. The number of hydrogen-bond donors (Lipinski definition) is 0. The van der Waals surface area contributed by atoms with E-state index in [0.717, 1.165) is 29.4 Å². The number of fused-ring (bicyclic) bond motifs is 1. The lowest BCUT2D eigenvalue weighted by Crippen LogP contribution is -2.23. The lowest BCUT2D eigenvalue weighted by molar-refractivity contribution is -0.146. The molecule has 6 heteroatoms. The molecule has 0 spiro atoms. The van der Waals surface area contributed by atoms with Gasteiger partial charge in [-0.1, -0.05) is 55.8 Å². The summed E-state index contributed by atoms with van der Waals surface area (Å²) in [6.07, 6.45) is 2.08. The summed E-state index contributed by atoms with van der Waals surface area (Å²) < 4.78 is 12.9. The highest BCUT2D eigenvalue weighted by atomic mass is 35.5. The Morgan fingerprint density at radius 2 is 1.82 bits per heavy atom. The fourth-order valence-corrected chi connectivity index (χ4v) is 4.30. The number of halogens is 1. The maximum Gasteiger partial charge on any atom is 0.308 e. The van der Waals surface area contributed by atoms with Crippen LogP contribution in [0.25, 0.3) is 10.9 Å². The second kappa shape index (κ2) is 11.5. The fraction of sp³-hybridized carbons (Fsp3) is 0.407. The zero-order chi connectivity index (χ0) is 24.0. The van der Waals surface area contributed by atoms with E-state index in [4.69, 9.17) is 21.1 Å². The molecule has 2 aromatic carbocycles. The summed E-state index contributed by atoms with van der Waals surface area (Å²) in [5.41, 5.74) is 3.67. The van der Waals surface area contributed by atoms with Gasteiger partial charge in [-0.25, -0.2) is 0 Å². The molecule has 0 amide bonds. The molecule has 0 bridgehead atoms. The first-order valence-electron chi connectivity index (χ1n) is 11.3. The number of aryl methyl sites for hydroxylation is 2. The van der Waals surface area contributed by atoms with Crippen molar-refractivity contribution >= 4 is 34.3 Å². The summed E-state index contributed by atoms with van der Waals surface area (Å²) in [4.78, 5) is 25.4. The van der Waals surface area contributed by atoms with E-state index in [1.807, 2.05) is 54.9 Å². The van der Waals surface area contributed by atoms with Gasteiger partial charge in [0.05, 0.1) is 25.3 Å². The van der Waals surface area contributed by atoms with Crippen LogP contribution < -0.4 is 0 Å². The molecule has 33 heavy (non-hydrogen) atoms. The molecule has 1 aromatic heterocycles. The molecule has 0 radical (unpaired) electrons. The highest BCUT2D eigenvalue weighted by molar-refractivity contribution is 6.31. The standard InChI is InChI=1S/C27H32ClNO4/c1-18(19(2)27(31)32-4)15-25(30)26-22-16-21(28)12-13-23(22)29(3)24(26)17-33-14-8-11-20-9-6-5-7-10-20/h5-7,9-10,12-13,16,18-19H,8,11,14-15,17H2,1-4H3. The van der Waals surface area contributed by atoms with Gasteiger partial charge in [0, 0.05) is 41.6 Å². The summed E-state index contributed by atoms with van der Waals surface area (Å²) in [6, 6.07) is 15.9. The molecule has 0 aliphatic rings. The van der Waals surface area contributed by atoms with E-state index >= 15 is 0 Å². The molecular formula is C27H32ClNO4. The summed E-state index contributed by atoms with van der Waals surface area (Å²) in [5, 5.41) is 1.39. The number of aromatic nitrogens is 1. The second-order valence-corrected chi connectivity index (χ2v) is 9.04. The molecular weight excluding hydrogens is 438 g/mol. The topological polar surface area (TPSA) is 57.5 Å². The van der Waals surface area contributed by atoms with Gasteiger partial charge >= 0.3 is 5.97 Å². The zero-order valence-electron chi connectivity index (χ0n) is 19.8. The molecule has 0 saturated heterocycles. The van der Waals surface area contributed by atoms with Gasteiger partial charge in [0.25, 0.3) is 0 Å². The minimum Gasteiger partial charge on any atom is -0.469 e. The van der Waals surface area contributed by atoms with Gasteiger partial charge in [-0.05, 0) is 42.5 Å². The Bertz CT molecular complexity index is 1110. The highest BCUT2D eigenvalue weighted by Crippen LogP contribution is 2.31. The Morgan fingerprint density at radius 1 is 1.09 bits per heavy atom. The largest absolute Gasteiger partial charge is 0.469 e. The lowest BCUT2D eigenvalue weighted by atomic mass is 9.88. The zero-order valence-corrected chi connectivity index (χ0v) is 20.5. The average Bonchev–Trinajstić information content (AvgIpc) is 3.09. The van der Waals surface area contributed by atoms with Crippen LogP contribution in [0.15, 0.2) is 48.5 Å². The van der Waals surface area contributed by atoms with Crippen LogP contribution >= 0.6 is 11.6 Å². The Labute approximate surface area is 200 Å². The van der Waals surface area contributed by atoms with Crippen LogP contribution in [0, 0.1) is 11.8 Å². The Balaban J connectivity index is 1.77. The molecule has 0 aliphatic heterocycles. The van der Waals surface area contributed by atoms with Gasteiger partial charge in [-0.3, -0.25) is 9.59 Å². The van der Waals surface area contributed by atoms with Crippen molar-refractivity contribution in [3.05, 3.63) is 70.4 Å². The first kappa shape index (κ1) is 25.0. The van der Waals surface area contributed by atoms with Gasteiger partial charge in [-0.15, -0.1) is 0 Å². The maximum atomic E-state index is 13.4. The predicted octanol–water partition coefficient (Wildman–Crippen LogP) is 6.00. The van der Waals surface area contributed by atoms with Crippen molar-refractivity contribution in [1.82, 2.24) is 4.57 Å². The van der Waals surface area contributed by atoms with E-state index in [9.17, 15) is 9.59 Å². The first-order valence-corrected chi connectivity index (χ1v) is 11.7. The molecule has 0 saturated carbocycles. The third kappa shape index (κ3) is 6.04. The van der Waals surface area contributed by atoms with E-state index in [0.29, 0.717) is 23.8 Å². The molecule has 176 valence electrons. The minimum absolute atomic E-state index is 0.0194. The van der Waals surface area contributed by atoms with Crippen molar-refractivity contribution < 1.29 is 19.1 Å². The number of methoxy groups -OCH3 is 1. The van der Waals surface area contributed by atoms with Gasteiger partial charge in [-0.2, -0.15) is 0 Å². The highest BCUT2D eigenvalue weighted by Gasteiger charge is 2.27. The molecule has 3 aromatic rings. The van der Waals surface area contributed by atoms with E-state index in [-0.39, 0.29) is 30.0 Å². The predicted molar refractivity (Wildman–Crippen MR) is 132 cm³/mol. The monoisotopic (exact) mass is 469 g/mol. The number of carbonyl (C=O) groups excluding carboxylic acids is 2. The van der Waals surface area contributed by atoms with Crippen LogP contribution in [0.2, 0.25) is 5.02 Å². The number of carbonyl (C=O) groups is 2. The van der Waals surface area contributed by atoms with Crippen molar-refractivity contribution in [2.24, 2.45) is 18.9 Å². The van der Waals surface area contributed by atoms with Crippen LogP contribution in [0.4, 0.5) is 0 Å². The van der Waals surface area contributed by atoms with Gasteiger partial charge in [0.1, 0.15) is 0 Å². The Hall–Kier alpha value is -2.63. The van der Waals surface area contributed by atoms with Crippen molar-refractivity contribution in [3.63, 3.8) is 0 Å². The quantitative estimate of drug-likeness (QED) is 0.196. The summed E-state index contributed by atoms with van der Waals surface area (Å²) >= 11 is 6.26. The second-order valence-electron chi connectivity index (χ2n) is 8.60. The average molecular weight is 470 g/mol. The number of hydrogen-bond acceptors (Lipinski definition) is 4. The number of esters is 1. The summed E-state index contributed by atoms with van der Waals surface area (Å²) in [7, 11) is 3.31. The lowest BCUT2D eigenvalue weighted by Gasteiger charge is -2.17. The Kier molecular flexibility index (Phi) is 8.70. The van der Waals surface area contributed by atoms with Crippen LogP contribution in [0.3, 0.4) is 0 Å². The Morgan fingerprint density at radius 3 is 2.52 bits per heavy atom. The number of rotatable bonds is 11. The van der Waals surface area contributed by atoms with E-state index < -0.39 is 0 Å².